The zero-order valence-corrected chi connectivity index (χ0v) is 17.9. The molecule has 2 aromatic rings. The van der Waals surface area contributed by atoms with E-state index in [4.69, 9.17) is 21.4 Å². The number of nitrogens with one attached hydrogen (secondary N) is 1. The summed E-state index contributed by atoms with van der Waals surface area (Å²) in [6.07, 6.45) is 4.54. The summed E-state index contributed by atoms with van der Waals surface area (Å²) < 4.78 is 23.2. The lowest BCUT2D eigenvalue weighted by Crippen LogP contribution is -2.53. The first kappa shape index (κ1) is 21.7. The lowest BCUT2D eigenvalue weighted by atomic mass is 10.0. The van der Waals surface area contributed by atoms with Crippen LogP contribution in [0.25, 0.3) is 6.08 Å². The molecular formula is C21H20N2O5S2. The first-order valence-corrected chi connectivity index (χ1v) is 10.9. The molecule has 1 aliphatic heterocycles. The number of amides is 2. The third-order valence-corrected chi connectivity index (χ3v) is 5.87. The molecule has 0 bridgehead atoms. The Kier molecular flexibility index (Phi) is 6.96. The molecular weight excluding hydrogens is 424 g/mol. The van der Waals surface area contributed by atoms with Gasteiger partial charge in [-0.05, 0) is 48.1 Å². The first-order valence-electron chi connectivity index (χ1n) is 8.97. The predicted molar refractivity (Wildman–Crippen MR) is 118 cm³/mol. The van der Waals surface area contributed by atoms with Crippen molar-refractivity contribution in [2.75, 3.05) is 13.7 Å². The maximum atomic E-state index is 12.7. The minimum Gasteiger partial charge on any atom is -0.496 e. The molecule has 1 N–H and O–H groups in total. The van der Waals surface area contributed by atoms with Crippen LogP contribution in [0.1, 0.15) is 16.9 Å². The number of benzene rings is 1. The molecule has 156 valence electrons. The van der Waals surface area contributed by atoms with Gasteiger partial charge in [-0.3, -0.25) is 24.0 Å². The van der Waals surface area contributed by atoms with E-state index in [1.54, 1.807) is 30.3 Å². The normalized spacial score (nSPS) is 16.5. The number of furan rings is 1. The number of hydrogen-bond acceptors (Lipinski definition) is 6. The van der Waals surface area contributed by atoms with Gasteiger partial charge in [0.05, 0.1) is 24.9 Å². The fourth-order valence-corrected chi connectivity index (χ4v) is 4.34. The highest BCUT2D eigenvalue weighted by Crippen LogP contribution is 2.24. The standard InChI is InChI=1S/C21H20N2O5S2/c1-3-8-23-20(25)17(19(24)22-21(23)29)11-14-6-7-18(27-2)15(10-14)12-30(26)13-16-5-4-9-28-16/h3-7,9-11H,1,8,12-13H2,2H3,(H,22,24,29)/b17-11+. The molecule has 1 aromatic heterocycles. The Labute approximate surface area is 181 Å². The lowest BCUT2D eigenvalue weighted by molar-refractivity contribution is -0.128. The Bertz CT molecular complexity index is 1040. The van der Waals surface area contributed by atoms with Crippen molar-refractivity contribution in [3.63, 3.8) is 0 Å². The largest absolute Gasteiger partial charge is 0.496 e. The van der Waals surface area contributed by atoms with E-state index in [-0.39, 0.29) is 28.7 Å². The highest BCUT2D eigenvalue weighted by atomic mass is 32.2. The number of carbonyl (C=O) groups excluding carboxylic acids is 2. The van der Waals surface area contributed by atoms with Crippen LogP contribution in [-0.2, 0) is 31.9 Å². The third-order valence-electron chi connectivity index (χ3n) is 4.31. The average Bonchev–Trinajstić information content (AvgIpc) is 3.21. The Morgan fingerprint density at radius 2 is 2.10 bits per heavy atom. The molecule has 1 aliphatic rings. The van der Waals surface area contributed by atoms with E-state index in [2.05, 4.69) is 11.9 Å². The van der Waals surface area contributed by atoms with Crippen molar-refractivity contribution in [2.45, 2.75) is 11.5 Å². The lowest BCUT2D eigenvalue weighted by Gasteiger charge is -2.27. The number of ether oxygens (including phenoxy) is 1. The van der Waals surface area contributed by atoms with Gasteiger partial charge in [0.15, 0.2) is 5.11 Å². The molecule has 1 atom stereocenters. The molecule has 0 aliphatic carbocycles. The van der Waals surface area contributed by atoms with E-state index >= 15 is 0 Å². The van der Waals surface area contributed by atoms with Gasteiger partial charge in [0, 0.05) is 22.9 Å². The minimum absolute atomic E-state index is 0.0433. The second-order valence-electron chi connectivity index (χ2n) is 6.40. The SMILES string of the molecule is C=CCN1C(=O)/C(=C/c2ccc(OC)c(CS(=O)Cc3ccco3)c2)C(=O)NC1=S. The van der Waals surface area contributed by atoms with Crippen LogP contribution in [0.3, 0.4) is 0 Å². The molecule has 3 rings (SSSR count). The van der Waals surface area contributed by atoms with Crippen LogP contribution in [0.2, 0.25) is 0 Å². The Morgan fingerprint density at radius 1 is 1.30 bits per heavy atom. The van der Waals surface area contributed by atoms with Crippen LogP contribution in [0, 0.1) is 0 Å². The Morgan fingerprint density at radius 3 is 2.77 bits per heavy atom. The monoisotopic (exact) mass is 444 g/mol. The smallest absolute Gasteiger partial charge is 0.265 e. The Hall–Kier alpha value is -3.04. The predicted octanol–water partition coefficient (Wildman–Crippen LogP) is 2.55. The average molecular weight is 445 g/mol. The second kappa shape index (κ2) is 9.64. The number of methoxy groups -OCH3 is 1. The molecule has 0 radical (unpaired) electrons. The van der Waals surface area contributed by atoms with Crippen molar-refractivity contribution in [2.24, 2.45) is 0 Å². The van der Waals surface area contributed by atoms with E-state index in [0.717, 1.165) is 0 Å². The molecule has 0 saturated carbocycles. The van der Waals surface area contributed by atoms with Gasteiger partial charge in [0.1, 0.15) is 17.1 Å². The van der Waals surface area contributed by atoms with Gasteiger partial charge in [0.2, 0.25) is 0 Å². The zero-order valence-electron chi connectivity index (χ0n) is 16.3. The van der Waals surface area contributed by atoms with Gasteiger partial charge < -0.3 is 9.15 Å². The van der Waals surface area contributed by atoms with Gasteiger partial charge in [-0.1, -0.05) is 12.1 Å². The fraction of sp³-hybridized carbons (Fsp3) is 0.190. The first-order chi connectivity index (χ1) is 14.4. The third kappa shape index (κ3) is 4.92. The van der Waals surface area contributed by atoms with Crippen LogP contribution < -0.4 is 10.1 Å². The summed E-state index contributed by atoms with van der Waals surface area (Å²) in [7, 11) is 0.295. The molecule has 1 fully saturated rings. The molecule has 1 saturated heterocycles. The molecule has 1 unspecified atom stereocenters. The topological polar surface area (TPSA) is 88.8 Å². The summed E-state index contributed by atoms with van der Waals surface area (Å²) in [6, 6.07) is 8.69. The van der Waals surface area contributed by atoms with E-state index in [0.29, 0.717) is 22.6 Å². The van der Waals surface area contributed by atoms with Crippen LogP contribution >= 0.6 is 12.2 Å². The number of carbonyl (C=O) groups is 2. The van der Waals surface area contributed by atoms with Crippen molar-refractivity contribution in [1.82, 2.24) is 10.2 Å². The number of nitrogens with zero attached hydrogens (tertiary/aromatic N) is 1. The van der Waals surface area contributed by atoms with Crippen LogP contribution in [0.15, 0.2) is 59.2 Å². The molecule has 30 heavy (non-hydrogen) atoms. The van der Waals surface area contributed by atoms with Gasteiger partial charge in [0.25, 0.3) is 11.8 Å². The molecule has 0 spiro atoms. The summed E-state index contributed by atoms with van der Waals surface area (Å²) in [5.74, 6) is 0.642. The highest BCUT2D eigenvalue weighted by Gasteiger charge is 2.32. The van der Waals surface area contributed by atoms with Crippen LogP contribution in [-0.4, -0.2) is 39.7 Å². The summed E-state index contributed by atoms with van der Waals surface area (Å²) in [5.41, 5.74) is 1.25. The molecule has 7 nitrogen and oxygen atoms in total. The maximum absolute atomic E-state index is 12.7. The van der Waals surface area contributed by atoms with E-state index < -0.39 is 22.6 Å². The van der Waals surface area contributed by atoms with E-state index in [1.165, 1.54) is 30.4 Å². The van der Waals surface area contributed by atoms with Crippen molar-refractivity contribution in [3.8, 4) is 5.75 Å². The van der Waals surface area contributed by atoms with Crippen LogP contribution in [0.5, 0.6) is 5.75 Å². The summed E-state index contributed by atoms with van der Waals surface area (Å²) >= 11 is 5.05. The minimum atomic E-state index is -1.23. The summed E-state index contributed by atoms with van der Waals surface area (Å²) in [5, 5.41) is 2.55. The zero-order chi connectivity index (χ0) is 21.7. The van der Waals surface area contributed by atoms with Gasteiger partial charge in [-0.2, -0.15) is 0 Å². The van der Waals surface area contributed by atoms with Gasteiger partial charge in [-0.15, -0.1) is 6.58 Å². The fourth-order valence-electron chi connectivity index (χ4n) is 2.93. The maximum Gasteiger partial charge on any atom is 0.265 e. The molecule has 9 heteroatoms. The molecule has 2 amide bonds. The van der Waals surface area contributed by atoms with Gasteiger partial charge in [-0.25, -0.2) is 0 Å². The van der Waals surface area contributed by atoms with E-state index in [1.807, 2.05) is 0 Å². The van der Waals surface area contributed by atoms with E-state index in [9.17, 15) is 13.8 Å². The highest BCUT2D eigenvalue weighted by molar-refractivity contribution is 7.83. The Balaban J connectivity index is 1.87. The van der Waals surface area contributed by atoms with Crippen molar-refractivity contribution >= 4 is 46.0 Å². The van der Waals surface area contributed by atoms with Crippen molar-refractivity contribution in [3.05, 3.63) is 71.7 Å². The quantitative estimate of drug-likeness (QED) is 0.291. The second-order valence-corrected chi connectivity index (χ2v) is 8.24. The van der Waals surface area contributed by atoms with Crippen LogP contribution in [0.4, 0.5) is 0 Å². The number of hydrogen-bond donors (Lipinski definition) is 1. The van der Waals surface area contributed by atoms with Crippen molar-refractivity contribution in [1.29, 1.82) is 0 Å². The molecule has 1 aromatic carbocycles. The number of rotatable bonds is 8. The number of thiocarbonyl (C=S) groups is 1. The molecule has 2 heterocycles. The summed E-state index contributed by atoms with van der Waals surface area (Å²) in [6.45, 7) is 3.79. The van der Waals surface area contributed by atoms with Crippen molar-refractivity contribution < 1.29 is 23.0 Å². The summed E-state index contributed by atoms with van der Waals surface area (Å²) in [4.78, 5) is 26.3. The van der Waals surface area contributed by atoms with Gasteiger partial charge >= 0.3 is 0 Å².